The van der Waals surface area contributed by atoms with Crippen molar-refractivity contribution in [3.05, 3.63) is 154 Å². The second-order valence-corrected chi connectivity index (χ2v) is 11.5. The summed E-state index contributed by atoms with van der Waals surface area (Å²) < 4.78 is 0. The van der Waals surface area contributed by atoms with Crippen LogP contribution in [0.3, 0.4) is 0 Å². The molecule has 0 saturated carbocycles. The van der Waals surface area contributed by atoms with Crippen LogP contribution in [0.1, 0.15) is 44.1 Å². The van der Waals surface area contributed by atoms with Gasteiger partial charge in [-0.25, -0.2) is 0 Å². The zero-order chi connectivity index (χ0) is 30.7. The molecule has 7 nitrogen and oxygen atoms in total. The molecule has 5 aromatic rings. The van der Waals surface area contributed by atoms with Crippen molar-refractivity contribution < 1.29 is 4.79 Å². The lowest BCUT2D eigenvalue weighted by Crippen LogP contribution is -2.47. The van der Waals surface area contributed by atoms with Gasteiger partial charge in [0, 0.05) is 45.5 Å². The molecule has 0 aliphatic heterocycles. The largest absolute Gasteiger partial charge is 0.399 e. The number of carbonyl (C=O) groups is 1. The van der Waals surface area contributed by atoms with Crippen molar-refractivity contribution in [2.24, 2.45) is 5.73 Å². The first-order chi connectivity index (χ1) is 21.2. The molecule has 0 fully saturated rings. The predicted octanol–water partition coefficient (Wildman–Crippen LogP) is 5.81. The third-order valence-corrected chi connectivity index (χ3v) is 8.79. The Morgan fingerprint density at radius 1 is 0.500 bits per heavy atom. The maximum atomic E-state index is 14.7. The Morgan fingerprint density at radius 2 is 0.977 bits per heavy atom. The molecule has 44 heavy (non-hydrogen) atoms. The maximum absolute atomic E-state index is 14.7. The third kappa shape index (κ3) is 4.06. The highest BCUT2D eigenvalue weighted by molar-refractivity contribution is 6.34. The molecular formula is C37H32N6O. The van der Waals surface area contributed by atoms with Crippen LogP contribution in [0.25, 0.3) is 16.7 Å². The summed E-state index contributed by atoms with van der Waals surface area (Å²) in [6, 6.07) is 36.0. The van der Waals surface area contributed by atoms with Gasteiger partial charge in [0.15, 0.2) is 5.78 Å². The molecule has 0 amide bonds. The van der Waals surface area contributed by atoms with Gasteiger partial charge < -0.3 is 34.4 Å². The Kier molecular flexibility index (Phi) is 6.09. The highest BCUT2D eigenvalue weighted by Crippen LogP contribution is 2.61. The molecule has 2 aliphatic rings. The first-order valence-corrected chi connectivity index (χ1v) is 14.3. The number of Topliss-reactive ketones (excluding diaryl/α,β-unsaturated/α-hetero) is 1. The van der Waals surface area contributed by atoms with Crippen molar-refractivity contribution in [2.75, 3.05) is 28.7 Å². The Bertz CT molecular complexity index is 2010. The number of carbonyl (C=O) groups excluding carboxylic acids is 1. The lowest BCUT2D eigenvalue weighted by Gasteiger charge is -2.46. The highest BCUT2D eigenvalue weighted by atomic mass is 16.1. The molecule has 216 valence electrons. The van der Waals surface area contributed by atoms with Crippen LogP contribution in [0, 0.1) is 0 Å². The SMILES string of the molecule is Nc1ccc(C2=C(c3ccc(N)cc3)C(N)(c3ccc(N)cc3)C(c3ccc(N)cc3)C3=C2c2ccc(N)cc2C3=O)cc1. The molecule has 2 aliphatic carbocycles. The fraction of sp³-hybridized carbons (Fsp3) is 0.0541. The lowest BCUT2D eigenvalue weighted by molar-refractivity contribution is 0.102. The van der Waals surface area contributed by atoms with Crippen LogP contribution in [-0.4, -0.2) is 5.78 Å². The number of allylic oxidation sites excluding steroid dienone is 2. The number of nitrogen functional groups attached to an aromatic ring is 5. The summed E-state index contributed by atoms with van der Waals surface area (Å²) in [6.45, 7) is 0. The van der Waals surface area contributed by atoms with Crippen LogP contribution in [0.15, 0.2) is 121 Å². The molecule has 7 heteroatoms. The Labute approximate surface area is 255 Å². The topological polar surface area (TPSA) is 173 Å². The number of hydrogen-bond acceptors (Lipinski definition) is 7. The first kappa shape index (κ1) is 27.1. The van der Waals surface area contributed by atoms with Crippen LogP contribution >= 0.6 is 0 Å². The fourth-order valence-electron chi connectivity index (χ4n) is 6.78. The van der Waals surface area contributed by atoms with E-state index in [-0.39, 0.29) is 5.78 Å². The summed E-state index contributed by atoms with van der Waals surface area (Å²) in [5, 5.41) is 0. The third-order valence-electron chi connectivity index (χ3n) is 8.79. The van der Waals surface area contributed by atoms with E-state index in [1.807, 2.05) is 109 Å². The Morgan fingerprint density at radius 3 is 1.55 bits per heavy atom. The standard InChI is InChI=1S/C37H32N6O/c38-24-9-1-20(2-10-24)31-32-29-18-17-28(42)19-30(29)36(44)33(32)35(22-5-13-26(40)14-6-22)37(43,23-7-15-27(41)16-8-23)34(31)21-3-11-25(39)12-4-21/h1-19,35H,38-43H2. The Hall–Kier alpha value is -5.79. The number of hydrogen-bond donors (Lipinski definition) is 6. The van der Waals surface area contributed by atoms with Crippen molar-refractivity contribution in [1.29, 1.82) is 0 Å². The highest BCUT2D eigenvalue weighted by Gasteiger charge is 2.53. The normalized spacial score (nSPS) is 19.2. The maximum Gasteiger partial charge on any atom is 0.191 e. The number of anilines is 5. The first-order valence-electron chi connectivity index (χ1n) is 14.3. The van der Waals surface area contributed by atoms with E-state index in [2.05, 4.69) is 0 Å². The quantitative estimate of drug-likeness (QED) is 0.146. The number of rotatable bonds is 4. The van der Waals surface area contributed by atoms with Crippen molar-refractivity contribution in [3.63, 3.8) is 0 Å². The molecule has 0 bridgehead atoms. The Balaban J connectivity index is 1.69. The van der Waals surface area contributed by atoms with Gasteiger partial charge in [0.25, 0.3) is 0 Å². The number of benzene rings is 5. The van der Waals surface area contributed by atoms with E-state index in [9.17, 15) is 4.79 Å². The van der Waals surface area contributed by atoms with E-state index in [4.69, 9.17) is 34.4 Å². The second-order valence-electron chi connectivity index (χ2n) is 11.5. The van der Waals surface area contributed by atoms with Crippen molar-refractivity contribution >= 4 is 50.9 Å². The smallest absolute Gasteiger partial charge is 0.191 e. The van der Waals surface area contributed by atoms with Crippen LogP contribution in [0.2, 0.25) is 0 Å². The average Bonchev–Trinajstić information content (AvgIpc) is 3.29. The number of fused-ring (bicyclic) bond motifs is 2. The van der Waals surface area contributed by atoms with Gasteiger partial charge in [0.05, 0.1) is 5.54 Å². The van der Waals surface area contributed by atoms with E-state index < -0.39 is 11.5 Å². The van der Waals surface area contributed by atoms with Crippen LogP contribution in [0.5, 0.6) is 0 Å². The summed E-state index contributed by atoms with van der Waals surface area (Å²) in [5.41, 5.74) is 48.3. The van der Waals surface area contributed by atoms with Gasteiger partial charge in [-0.2, -0.15) is 0 Å². The van der Waals surface area contributed by atoms with Gasteiger partial charge in [-0.15, -0.1) is 0 Å². The van der Waals surface area contributed by atoms with Crippen LogP contribution in [-0.2, 0) is 5.54 Å². The summed E-state index contributed by atoms with van der Waals surface area (Å²) in [7, 11) is 0. The minimum Gasteiger partial charge on any atom is -0.399 e. The van der Waals surface area contributed by atoms with Gasteiger partial charge in [0.2, 0.25) is 0 Å². The van der Waals surface area contributed by atoms with Gasteiger partial charge >= 0.3 is 0 Å². The summed E-state index contributed by atoms with van der Waals surface area (Å²) in [4.78, 5) is 14.7. The summed E-state index contributed by atoms with van der Waals surface area (Å²) in [5.74, 6) is -0.716. The summed E-state index contributed by atoms with van der Waals surface area (Å²) in [6.07, 6.45) is 0. The molecule has 0 saturated heterocycles. The van der Waals surface area contributed by atoms with Crippen LogP contribution < -0.4 is 34.4 Å². The number of ketones is 1. The molecular weight excluding hydrogens is 544 g/mol. The predicted molar refractivity (Wildman–Crippen MR) is 181 cm³/mol. The van der Waals surface area contributed by atoms with Gasteiger partial charge in [-0.1, -0.05) is 54.6 Å². The average molecular weight is 577 g/mol. The molecule has 12 N–H and O–H groups in total. The van der Waals surface area contributed by atoms with E-state index >= 15 is 0 Å². The molecule has 0 spiro atoms. The second kappa shape index (κ2) is 9.90. The van der Waals surface area contributed by atoms with Crippen molar-refractivity contribution in [1.82, 2.24) is 0 Å². The van der Waals surface area contributed by atoms with Gasteiger partial charge in [-0.3, -0.25) is 4.79 Å². The number of nitrogens with two attached hydrogens (primary N) is 6. The molecule has 7 rings (SSSR count). The van der Waals surface area contributed by atoms with E-state index in [0.29, 0.717) is 39.6 Å². The van der Waals surface area contributed by atoms with E-state index in [0.717, 1.165) is 44.5 Å². The monoisotopic (exact) mass is 576 g/mol. The summed E-state index contributed by atoms with van der Waals surface area (Å²) >= 11 is 0. The molecule has 2 unspecified atom stereocenters. The van der Waals surface area contributed by atoms with Crippen molar-refractivity contribution in [2.45, 2.75) is 11.5 Å². The molecule has 0 radical (unpaired) electrons. The minimum atomic E-state index is -1.25. The molecule has 0 heterocycles. The zero-order valence-electron chi connectivity index (χ0n) is 23.9. The van der Waals surface area contributed by atoms with Gasteiger partial charge in [0.1, 0.15) is 0 Å². The molecule has 0 aromatic heterocycles. The van der Waals surface area contributed by atoms with Crippen molar-refractivity contribution in [3.8, 4) is 0 Å². The van der Waals surface area contributed by atoms with Gasteiger partial charge in [-0.05, 0) is 105 Å². The van der Waals surface area contributed by atoms with Crippen LogP contribution in [0.4, 0.5) is 28.4 Å². The zero-order valence-corrected chi connectivity index (χ0v) is 23.9. The molecule has 2 atom stereocenters. The fourth-order valence-corrected chi connectivity index (χ4v) is 6.78. The van der Waals surface area contributed by atoms with E-state index in [1.165, 1.54) is 0 Å². The minimum absolute atomic E-state index is 0.112. The lowest BCUT2D eigenvalue weighted by atomic mass is 9.59. The molecule has 5 aromatic carbocycles. The van der Waals surface area contributed by atoms with E-state index in [1.54, 1.807) is 6.07 Å².